The third-order valence-electron chi connectivity index (χ3n) is 2.28. The van der Waals surface area contributed by atoms with E-state index in [9.17, 15) is 4.79 Å². The molecule has 0 saturated heterocycles. The molecule has 0 radical (unpaired) electrons. The number of benzene rings is 1. The molecule has 14 heavy (non-hydrogen) atoms. The van der Waals surface area contributed by atoms with Gasteiger partial charge in [-0.3, -0.25) is 9.63 Å². The van der Waals surface area contributed by atoms with Crippen molar-refractivity contribution in [3.8, 4) is 0 Å². The van der Waals surface area contributed by atoms with Crippen LogP contribution in [0.25, 0.3) is 0 Å². The molecule has 0 fully saturated rings. The Morgan fingerprint density at radius 3 is 2.64 bits per heavy atom. The number of carbonyl (C=O) groups is 1. The van der Waals surface area contributed by atoms with Gasteiger partial charge < -0.3 is 4.74 Å². The lowest BCUT2D eigenvalue weighted by atomic mass is 10.1. The van der Waals surface area contributed by atoms with Crippen molar-refractivity contribution in [3.63, 3.8) is 0 Å². The Bertz CT molecular complexity index is 331. The van der Waals surface area contributed by atoms with E-state index in [0.717, 1.165) is 11.3 Å². The lowest BCUT2D eigenvalue weighted by Crippen LogP contribution is -2.27. The Kier molecular flexibility index (Phi) is 2.23. The van der Waals surface area contributed by atoms with Gasteiger partial charge in [-0.25, -0.2) is 0 Å². The average Bonchev–Trinajstić information content (AvgIpc) is 2.49. The number of hydroxylamine groups is 1. The number of methoxy groups -OCH3 is 1. The Hall–Kier alpha value is -1.39. The first kappa shape index (κ1) is 9.18. The molecule has 4 heteroatoms. The summed E-state index contributed by atoms with van der Waals surface area (Å²) < 4.78 is 5.11. The summed E-state index contributed by atoms with van der Waals surface area (Å²) >= 11 is 0. The van der Waals surface area contributed by atoms with Crippen LogP contribution in [-0.2, 0) is 14.4 Å². The SMILES string of the molecule is COC1C(=O)N(OC)c2ccccc21. The van der Waals surface area contributed by atoms with Gasteiger partial charge >= 0.3 is 0 Å². The highest BCUT2D eigenvalue weighted by molar-refractivity contribution is 6.02. The number of fused-ring (bicyclic) bond motifs is 1. The van der Waals surface area contributed by atoms with E-state index in [1.807, 2.05) is 24.3 Å². The molecule has 0 aromatic heterocycles. The van der Waals surface area contributed by atoms with Crippen LogP contribution >= 0.6 is 0 Å². The van der Waals surface area contributed by atoms with Gasteiger partial charge in [-0.05, 0) is 6.07 Å². The molecule has 1 unspecified atom stereocenters. The zero-order valence-corrected chi connectivity index (χ0v) is 8.06. The number of para-hydroxylation sites is 1. The number of hydrogen-bond donors (Lipinski definition) is 0. The number of carbonyl (C=O) groups excluding carboxylic acids is 1. The molecule has 1 aromatic rings. The molecule has 1 aliphatic rings. The first-order chi connectivity index (χ1) is 6.79. The monoisotopic (exact) mass is 193 g/mol. The molecule has 0 saturated carbocycles. The molecular formula is C10H11NO3. The van der Waals surface area contributed by atoms with Gasteiger partial charge in [-0.15, -0.1) is 0 Å². The van der Waals surface area contributed by atoms with E-state index in [2.05, 4.69) is 0 Å². The molecule has 2 rings (SSSR count). The number of ether oxygens (including phenoxy) is 1. The minimum absolute atomic E-state index is 0.184. The largest absolute Gasteiger partial charge is 0.367 e. The minimum atomic E-state index is -0.536. The van der Waals surface area contributed by atoms with Gasteiger partial charge in [0.25, 0.3) is 5.91 Å². The maximum Gasteiger partial charge on any atom is 0.284 e. The molecule has 4 nitrogen and oxygen atoms in total. The fraction of sp³-hybridized carbons (Fsp3) is 0.300. The molecule has 1 aromatic carbocycles. The van der Waals surface area contributed by atoms with Gasteiger partial charge in [0.1, 0.15) is 0 Å². The minimum Gasteiger partial charge on any atom is -0.367 e. The van der Waals surface area contributed by atoms with Crippen LogP contribution in [0.3, 0.4) is 0 Å². The highest BCUT2D eigenvalue weighted by Crippen LogP contribution is 2.37. The average molecular weight is 193 g/mol. The van der Waals surface area contributed by atoms with Gasteiger partial charge in [0, 0.05) is 12.7 Å². The highest BCUT2D eigenvalue weighted by atomic mass is 16.7. The van der Waals surface area contributed by atoms with Crippen molar-refractivity contribution in [2.24, 2.45) is 0 Å². The standard InChI is InChI=1S/C10H11NO3/c1-13-9-7-5-3-4-6-8(7)11(14-2)10(9)12/h3-6,9H,1-2H3. The van der Waals surface area contributed by atoms with Crippen LogP contribution < -0.4 is 5.06 Å². The van der Waals surface area contributed by atoms with Crippen molar-refractivity contribution in [2.75, 3.05) is 19.3 Å². The van der Waals surface area contributed by atoms with Crippen molar-refractivity contribution in [1.29, 1.82) is 0 Å². The maximum atomic E-state index is 11.7. The second-order valence-electron chi connectivity index (χ2n) is 2.99. The second-order valence-corrected chi connectivity index (χ2v) is 2.99. The van der Waals surface area contributed by atoms with E-state index in [0.29, 0.717) is 0 Å². The molecular weight excluding hydrogens is 182 g/mol. The summed E-state index contributed by atoms with van der Waals surface area (Å²) in [5.41, 5.74) is 1.61. The maximum absolute atomic E-state index is 11.7. The first-order valence-electron chi connectivity index (χ1n) is 4.29. The zero-order chi connectivity index (χ0) is 10.1. The summed E-state index contributed by atoms with van der Waals surface area (Å²) in [6, 6.07) is 7.42. The van der Waals surface area contributed by atoms with E-state index in [1.165, 1.54) is 19.3 Å². The highest BCUT2D eigenvalue weighted by Gasteiger charge is 2.37. The van der Waals surface area contributed by atoms with Crippen LogP contribution in [0.1, 0.15) is 11.7 Å². The predicted octanol–water partition coefficient (Wildman–Crippen LogP) is 1.28. The molecule has 0 aliphatic carbocycles. The summed E-state index contributed by atoms with van der Waals surface area (Å²) in [6.45, 7) is 0. The Morgan fingerprint density at radius 2 is 2.00 bits per heavy atom. The summed E-state index contributed by atoms with van der Waals surface area (Å²) in [7, 11) is 2.98. The van der Waals surface area contributed by atoms with Crippen LogP contribution in [0.5, 0.6) is 0 Å². The van der Waals surface area contributed by atoms with Crippen molar-refractivity contribution >= 4 is 11.6 Å². The molecule has 0 N–H and O–H groups in total. The number of nitrogens with zero attached hydrogens (tertiary/aromatic N) is 1. The van der Waals surface area contributed by atoms with Crippen molar-refractivity contribution < 1.29 is 14.4 Å². The van der Waals surface area contributed by atoms with Crippen LogP contribution in [0.2, 0.25) is 0 Å². The topological polar surface area (TPSA) is 38.8 Å². The molecule has 0 bridgehead atoms. The fourth-order valence-corrected chi connectivity index (χ4v) is 1.67. The van der Waals surface area contributed by atoms with Gasteiger partial charge in [0.15, 0.2) is 6.10 Å². The van der Waals surface area contributed by atoms with Crippen LogP contribution in [0.15, 0.2) is 24.3 Å². The molecule has 1 atom stereocenters. The second kappa shape index (κ2) is 3.40. The number of amides is 1. The smallest absolute Gasteiger partial charge is 0.284 e. The third-order valence-corrected chi connectivity index (χ3v) is 2.28. The van der Waals surface area contributed by atoms with Crippen molar-refractivity contribution in [1.82, 2.24) is 0 Å². The molecule has 74 valence electrons. The summed E-state index contributed by atoms with van der Waals surface area (Å²) in [6.07, 6.45) is -0.536. The van der Waals surface area contributed by atoms with Gasteiger partial charge in [0.05, 0.1) is 12.8 Å². The van der Waals surface area contributed by atoms with E-state index in [4.69, 9.17) is 9.57 Å². The van der Waals surface area contributed by atoms with Gasteiger partial charge in [0.2, 0.25) is 0 Å². The van der Waals surface area contributed by atoms with E-state index in [-0.39, 0.29) is 5.91 Å². The molecule has 1 amide bonds. The Balaban J connectivity index is 2.50. The quantitative estimate of drug-likeness (QED) is 0.710. The number of hydrogen-bond acceptors (Lipinski definition) is 3. The van der Waals surface area contributed by atoms with Crippen molar-refractivity contribution in [2.45, 2.75) is 6.10 Å². The normalized spacial score (nSPS) is 20.0. The number of anilines is 1. The van der Waals surface area contributed by atoms with Crippen LogP contribution in [0, 0.1) is 0 Å². The van der Waals surface area contributed by atoms with Crippen LogP contribution in [-0.4, -0.2) is 20.1 Å². The lowest BCUT2D eigenvalue weighted by molar-refractivity contribution is -0.133. The van der Waals surface area contributed by atoms with E-state index >= 15 is 0 Å². The zero-order valence-electron chi connectivity index (χ0n) is 8.06. The molecule has 0 spiro atoms. The Labute approximate surface area is 82.0 Å². The van der Waals surface area contributed by atoms with Gasteiger partial charge in [-0.2, -0.15) is 5.06 Å². The molecule has 1 heterocycles. The summed E-state index contributed by atoms with van der Waals surface area (Å²) in [5.74, 6) is -0.184. The van der Waals surface area contributed by atoms with E-state index < -0.39 is 6.10 Å². The Morgan fingerprint density at radius 1 is 1.29 bits per heavy atom. The lowest BCUT2D eigenvalue weighted by Gasteiger charge is -2.13. The number of rotatable bonds is 2. The summed E-state index contributed by atoms with van der Waals surface area (Å²) in [5, 5.41) is 1.25. The molecule has 1 aliphatic heterocycles. The van der Waals surface area contributed by atoms with E-state index in [1.54, 1.807) is 0 Å². The summed E-state index contributed by atoms with van der Waals surface area (Å²) in [4.78, 5) is 16.7. The van der Waals surface area contributed by atoms with Gasteiger partial charge in [-0.1, -0.05) is 18.2 Å². The third kappa shape index (κ3) is 1.12. The predicted molar refractivity (Wildman–Crippen MR) is 50.7 cm³/mol. The first-order valence-corrected chi connectivity index (χ1v) is 4.29. The van der Waals surface area contributed by atoms with Crippen LogP contribution in [0.4, 0.5) is 5.69 Å². The fourth-order valence-electron chi connectivity index (χ4n) is 1.67. The van der Waals surface area contributed by atoms with Crippen molar-refractivity contribution in [3.05, 3.63) is 29.8 Å².